The SMILES string of the molecule is C[C@H]1CCC(=O)[C@H](CO)C1. The number of aliphatic hydroxyl groups excluding tert-OH is 1. The lowest BCUT2D eigenvalue weighted by Gasteiger charge is -2.23. The first kappa shape index (κ1) is 7.73. The summed E-state index contributed by atoms with van der Waals surface area (Å²) in [6.07, 6.45) is 2.57. The summed E-state index contributed by atoms with van der Waals surface area (Å²) in [6, 6.07) is 0. The van der Waals surface area contributed by atoms with Gasteiger partial charge in [0.25, 0.3) is 0 Å². The van der Waals surface area contributed by atoms with Crippen LogP contribution in [0.3, 0.4) is 0 Å². The number of ketones is 1. The molecule has 1 rings (SSSR count). The molecular formula is C8H14O2. The van der Waals surface area contributed by atoms with Crippen molar-refractivity contribution < 1.29 is 9.90 Å². The van der Waals surface area contributed by atoms with Gasteiger partial charge in [0.05, 0.1) is 6.61 Å². The topological polar surface area (TPSA) is 37.3 Å². The zero-order valence-corrected chi connectivity index (χ0v) is 6.34. The number of hydrogen-bond donors (Lipinski definition) is 1. The van der Waals surface area contributed by atoms with Crippen molar-refractivity contribution in [3.05, 3.63) is 0 Å². The highest BCUT2D eigenvalue weighted by atomic mass is 16.3. The first-order chi connectivity index (χ1) is 4.74. The molecule has 1 saturated carbocycles. The van der Waals surface area contributed by atoms with Crippen molar-refractivity contribution >= 4 is 5.78 Å². The first-order valence-electron chi connectivity index (χ1n) is 3.87. The van der Waals surface area contributed by atoms with Crippen LogP contribution in [-0.4, -0.2) is 17.5 Å². The molecule has 0 radical (unpaired) electrons. The third-order valence-electron chi connectivity index (χ3n) is 2.25. The Morgan fingerprint density at radius 1 is 1.70 bits per heavy atom. The molecule has 1 fully saturated rings. The molecule has 1 aliphatic rings. The molecule has 0 aromatic carbocycles. The lowest BCUT2D eigenvalue weighted by atomic mass is 9.82. The van der Waals surface area contributed by atoms with Crippen LogP contribution in [0.4, 0.5) is 0 Å². The highest BCUT2D eigenvalue weighted by molar-refractivity contribution is 5.81. The molecule has 0 amide bonds. The molecule has 2 nitrogen and oxygen atoms in total. The zero-order valence-electron chi connectivity index (χ0n) is 6.34. The lowest BCUT2D eigenvalue weighted by Crippen LogP contribution is -2.26. The van der Waals surface area contributed by atoms with Crippen LogP contribution < -0.4 is 0 Å². The van der Waals surface area contributed by atoms with Crippen LogP contribution >= 0.6 is 0 Å². The molecule has 0 saturated heterocycles. The number of carbonyl (C=O) groups excluding carboxylic acids is 1. The molecule has 1 N–H and O–H groups in total. The van der Waals surface area contributed by atoms with Crippen molar-refractivity contribution in [3.8, 4) is 0 Å². The molecular weight excluding hydrogens is 128 g/mol. The van der Waals surface area contributed by atoms with Crippen LogP contribution in [0, 0.1) is 11.8 Å². The molecule has 58 valence electrons. The quantitative estimate of drug-likeness (QED) is 0.592. The largest absolute Gasteiger partial charge is 0.396 e. The van der Waals surface area contributed by atoms with E-state index >= 15 is 0 Å². The molecule has 0 spiro atoms. The molecule has 10 heavy (non-hydrogen) atoms. The highest BCUT2D eigenvalue weighted by Gasteiger charge is 2.25. The maximum absolute atomic E-state index is 11.0. The van der Waals surface area contributed by atoms with Gasteiger partial charge in [-0.15, -0.1) is 0 Å². The van der Waals surface area contributed by atoms with Crippen molar-refractivity contribution in [3.63, 3.8) is 0 Å². The van der Waals surface area contributed by atoms with Crippen molar-refractivity contribution in [1.82, 2.24) is 0 Å². The fourth-order valence-corrected chi connectivity index (χ4v) is 1.50. The maximum atomic E-state index is 11.0. The second kappa shape index (κ2) is 3.15. The Morgan fingerprint density at radius 3 is 2.90 bits per heavy atom. The van der Waals surface area contributed by atoms with Gasteiger partial charge < -0.3 is 5.11 Å². The minimum Gasteiger partial charge on any atom is -0.396 e. The van der Waals surface area contributed by atoms with Gasteiger partial charge in [0, 0.05) is 12.3 Å². The molecule has 0 unspecified atom stereocenters. The predicted molar refractivity (Wildman–Crippen MR) is 38.6 cm³/mol. The molecule has 0 aliphatic heterocycles. The molecule has 0 heterocycles. The van der Waals surface area contributed by atoms with E-state index in [4.69, 9.17) is 5.11 Å². The minimum atomic E-state index is -0.0521. The van der Waals surface area contributed by atoms with Crippen molar-refractivity contribution in [2.45, 2.75) is 26.2 Å². The summed E-state index contributed by atoms with van der Waals surface area (Å²) in [5.41, 5.74) is 0. The summed E-state index contributed by atoms with van der Waals surface area (Å²) in [5, 5.41) is 8.76. The van der Waals surface area contributed by atoms with Crippen molar-refractivity contribution in [2.24, 2.45) is 11.8 Å². The standard InChI is InChI=1S/C8H14O2/c1-6-2-3-8(10)7(4-6)5-9/h6-7,9H,2-5H2,1H3/t6-,7-/m0/s1. The summed E-state index contributed by atoms with van der Waals surface area (Å²) in [4.78, 5) is 11.0. The molecule has 0 bridgehead atoms. The summed E-state index contributed by atoms with van der Waals surface area (Å²) in [5.74, 6) is 0.819. The number of carbonyl (C=O) groups is 1. The molecule has 0 aromatic rings. The zero-order chi connectivity index (χ0) is 7.56. The monoisotopic (exact) mass is 142 g/mol. The predicted octanol–water partition coefficient (Wildman–Crippen LogP) is 0.984. The van der Waals surface area contributed by atoms with E-state index in [-0.39, 0.29) is 18.3 Å². The lowest BCUT2D eigenvalue weighted by molar-refractivity contribution is -0.126. The van der Waals surface area contributed by atoms with Crippen LogP contribution in [0.5, 0.6) is 0 Å². The van der Waals surface area contributed by atoms with Gasteiger partial charge in [0.2, 0.25) is 0 Å². The Labute approximate surface area is 61.2 Å². The number of rotatable bonds is 1. The summed E-state index contributed by atoms with van der Waals surface area (Å²) < 4.78 is 0. The summed E-state index contributed by atoms with van der Waals surface area (Å²) >= 11 is 0. The first-order valence-corrected chi connectivity index (χ1v) is 3.87. The Balaban J connectivity index is 2.45. The maximum Gasteiger partial charge on any atom is 0.138 e. The van der Waals surface area contributed by atoms with Gasteiger partial charge >= 0.3 is 0 Å². The molecule has 2 heteroatoms. The fourth-order valence-electron chi connectivity index (χ4n) is 1.50. The van der Waals surface area contributed by atoms with Crippen LogP contribution in [0.1, 0.15) is 26.2 Å². The van der Waals surface area contributed by atoms with Crippen LogP contribution in [0.2, 0.25) is 0 Å². The third-order valence-corrected chi connectivity index (χ3v) is 2.25. The van der Waals surface area contributed by atoms with E-state index in [1.807, 2.05) is 0 Å². The van der Waals surface area contributed by atoms with E-state index < -0.39 is 0 Å². The Morgan fingerprint density at radius 2 is 2.40 bits per heavy atom. The highest BCUT2D eigenvalue weighted by Crippen LogP contribution is 2.25. The van der Waals surface area contributed by atoms with Crippen molar-refractivity contribution in [2.75, 3.05) is 6.61 Å². The van der Waals surface area contributed by atoms with E-state index in [9.17, 15) is 4.79 Å². The van der Waals surface area contributed by atoms with Crippen LogP contribution in [-0.2, 0) is 4.79 Å². The number of Topliss-reactive ketones (excluding diaryl/α,β-unsaturated/α-hetero) is 1. The van der Waals surface area contributed by atoms with Gasteiger partial charge in [-0.25, -0.2) is 0 Å². The Kier molecular flexibility index (Phi) is 2.44. The van der Waals surface area contributed by atoms with Crippen LogP contribution in [0.15, 0.2) is 0 Å². The molecule has 0 aromatic heterocycles. The Hall–Kier alpha value is -0.370. The number of hydrogen-bond acceptors (Lipinski definition) is 2. The van der Waals surface area contributed by atoms with Gasteiger partial charge in [-0.3, -0.25) is 4.79 Å². The van der Waals surface area contributed by atoms with Crippen molar-refractivity contribution in [1.29, 1.82) is 0 Å². The van der Waals surface area contributed by atoms with Gasteiger partial charge in [-0.1, -0.05) is 6.92 Å². The summed E-state index contributed by atoms with van der Waals surface area (Å²) in [6.45, 7) is 2.18. The van der Waals surface area contributed by atoms with Gasteiger partial charge in [0.1, 0.15) is 5.78 Å². The van der Waals surface area contributed by atoms with E-state index in [1.165, 1.54) is 0 Å². The normalized spacial score (nSPS) is 34.4. The smallest absolute Gasteiger partial charge is 0.138 e. The van der Waals surface area contributed by atoms with E-state index in [1.54, 1.807) is 0 Å². The fraction of sp³-hybridized carbons (Fsp3) is 0.875. The average Bonchev–Trinajstić information content (AvgIpc) is 1.94. The second-order valence-electron chi connectivity index (χ2n) is 3.23. The van der Waals surface area contributed by atoms with Crippen LogP contribution in [0.25, 0.3) is 0 Å². The Bertz CT molecular complexity index is 131. The molecule has 2 atom stereocenters. The second-order valence-corrected chi connectivity index (χ2v) is 3.23. The van der Waals surface area contributed by atoms with Gasteiger partial charge in [-0.2, -0.15) is 0 Å². The molecule has 1 aliphatic carbocycles. The summed E-state index contributed by atoms with van der Waals surface area (Å²) in [7, 11) is 0. The van der Waals surface area contributed by atoms with Gasteiger partial charge in [0.15, 0.2) is 0 Å². The number of aliphatic hydroxyl groups is 1. The van der Waals surface area contributed by atoms with Gasteiger partial charge in [-0.05, 0) is 18.8 Å². The minimum absolute atomic E-state index is 0.0448. The van der Waals surface area contributed by atoms with E-state index in [0.717, 1.165) is 12.8 Å². The average molecular weight is 142 g/mol. The van der Waals surface area contributed by atoms with E-state index in [2.05, 4.69) is 6.92 Å². The van der Waals surface area contributed by atoms with E-state index in [0.29, 0.717) is 12.3 Å². The third kappa shape index (κ3) is 1.57.